The monoisotopic (exact) mass is 440 g/mol. The molecule has 1 unspecified atom stereocenters. The highest BCUT2D eigenvalue weighted by Crippen LogP contribution is 2.24. The van der Waals surface area contributed by atoms with Crippen LogP contribution in [0.1, 0.15) is 47.4 Å². The summed E-state index contributed by atoms with van der Waals surface area (Å²) in [6, 6.07) is 5.02. The molecule has 9 heteroatoms. The van der Waals surface area contributed by atoms with E-state index >= 15 is 0 Å². The molecule has 2 aromatic heterocycles. The molecular weight excluding hydrogens is 408 g/mol. The average Bonchev–Trinajstić information content (AvgIpc) is 3.43. The van der Waals surface area contributed by atoms with E-state index in [1.807, 2.05) is 0 Å². The fourth-order valence-corrected chi connectivity index (χ4v) is 4.61. The Balaban J connectivity index is 1.22. The highest BCUT2D eigenvalue weighted by Gasteiger charge is 2.26. The molecule has 9 nitrogen and oxygen atoms in total. The van der Waals surface area contributed by atoms with E-state index in [2.05, 4.69) is 32.8 Å². The van der Waals surface area contributed by atoms with Gasteiger partial charge in [-0.1, -0.05) is 6.07 Å². The predicted molar refractivity (Wildman–Crippen MR) is 121 cm³/mol. The molecule has 172 valence electrons. The molecule has 0 aliphatic carbocycles. The van der Waals surface area contributed by atoms with Gasteiger partial charge in [0.05, 0.1) is 0 Å². The first-order chi connectivity index (χ1) is 15.5. The van der Waals surface area contributed by atoms with Crippen molar-refractivity contribution in [3.63, 3.8) is 0 Å². The van der Waals surface area contributed by atoms with Gasteiger partial charge < -0.3 is 20.6 Å². The van der Waals surface area contributed by atoms with E-state index in [-0.39, 0.29) is 0 Å². The molecule has 1 amide bonds. The van der Waals surface area contributed by atoms with Crippen molar-refractivity contribution in [3.05, 3.63) is 41.3 Å². The van der Waals surface area contributed by atoms with Gasteiger partial charge in [0.2, 0.25) is 0 Å². The van der Waals surface area contributed by atoms with Crippen molar-refractivity contribution in [2.75, 3.05) is 31.5 Å². The maximum Gasteiger partial charge on any atom is 0.326 e. The van der Waals surface area contributed by atoms with Gasteiger partial charge in [0.1, 0.15) is 17.6 Å². The summed E-state index contributed by atoms with van der Waals surface area (Å²) in [5, 5.41) is 19.5. The number of fused-ring (bicyclic) bond motifs is 1. The van der Waals surface area contributed by atoms with Crippen LogP contribution >= 0.6 is 0 Å². The lowest BCUT2D eigenvalue weighted by atomic mass is 10.00. The number of aliphatic carboxylic acids is 1. The molecule has 0 aromatic carbocycles. The second-order valence-corrected chi connectivity index (χ2v) is 8.83. The van der Waals surface area contributed by atoms with Crippen LogP contribution in [0.3, 0.4) is 0 Å². The van der Waals surface area contributed by atoms with E-state index in [4.69, 9.17) is 4.98 Å². The van der Waals surface area contributed by atoms with Gasteiger partial charge in [-0.2, -0.15) is 5.10 Å². The highest BCUT2D eigenvalue weighted by molar-refractivity contribution is 5.95. The number of carbonyl (C=O) groups excluding carboxylic acids is 1. The zero-order chi connectivity index (χ0) is 22.5. The van der Waals surface area contributed by atoms with Crippen molar-refractivity contribution in [1.82, 2.24) is 25.0 Å². The minimum Gasteiger partial charge on any atom is -0.480 e. The van der Waals surface area contributed by atoms with Gasteiger partial charge >= 0.3 is 5.97 Å². The summed E-state index contributed by atoms with van der Waals surface area (Å²) >= 11 is 0. The zero-order valence-electron chi connectivity index (χ0n) is 18.6. The standard InChI is InChI=1S/C23H32N6O3/c1-28-20(8-12-25-28)22(30)27-19(23(31)32)10-14-29-13-9-16(15-29)4-6-18-7-5-17-3-2-11-24-21(17)26-18/h5,7-8,12,16,19H,2-4,6,9-11,13-15H2,1H3,(H,24,26)(H,27,30)(H,31,32)/t16-,19?/m1/s1. The second kappa shape index (κ2) is 10.1. The van der Waals surface area contributed by atoms with Crippen LogP contribution in [0.15, 0.2) is 24.4 Å². The zero-order valence-corrected chi connectivity index (χ0v) is 18.6. The molecule has 0 radical (unpaired) electrons. The molecule has 4 heterocycles. The van der Waals surface area contributed by atoms with Crippen LogP contribution in [0.4, 0.5) is 5.82 Å². The quantitative estimate of drug-likeness (QED) is 0.544. The SMILES string of the molecule is Cn1nccc1C(=O)NC(CCN1CC[C@@H](CCc2ccc3c(n2)NCCC3)C1)C(=O)O. The third kappa shape index (κ3) is 5.45. The lowest BCUT2D eigenvalue weighted by molar-refractivity contribution is -0.139. The Bertz CT molecular complexity index is 959. The molecule has 3 N–H and O–H groups in total. The molecule has 0 saturated carbocycles. The average molecular weight is 441 g/mol. The van der Waals surface area contributed by atoms with Crippen LogP contribution in [0.25, 0.3) is 0 Å². The molecule has 0 bridgehead atoms. The third-order valence-corrected chi connectivity index (χ3v) is 6.52. The van der Waals surface area contributed by atoms with Crippen LogP contribution in [0, 0.1) is 5.92 Å². The van der Waals surface area contributed by atoms with Crippen molar-refractivity contribution in [1.29, 1.82) is 0 Å². The van der Waals surface area contributed by atoms with E-state index in [1.165, 1.54) is 22.9 Å². The van der Waals surface area contributed by atoms with Crippen molar-refractivity contribution in [3.8, 4) is 0 Å². The number of aromatic nitrogens is 3. The summed E-state index contributed by atoms with van der Waals surface area (Å²) in [7, 11) is 1.66. The molecule has 1 saturated heterocycles. The van der Waals surface area contributed by atoms with Crippen LogP contribution < -0.4 is 10.6 Å². The molecule has 0 spiro atoms. The molecule has 2 atom stereocenters. The van der Waals surface area contributed by atoms with Crippen LogP contribution in [-0.2, 0) is 24.7 Å². The van der Waals surface area contributed by atoms with E-state index < -0.39 is 17.9 Å². The molecule has 2 aliphatic heterocycles. The number of anilines is 1. The first-order valence-corrected chi connectivity index (χ1v) is 11.5. The molecule has 32 heavy (non-hydrogen) atoms. The summed E-state index contributed by atoms with van der Waals surface area (Å²) in [4.78, 5) is 31.1. The van der Waals surface area contributed by atoms with Gasteiger partial charge in [-0.05, 0) is 68.7 Å². The number of likely N-dealkylation sites (tertiary alicyclic amines) is 1. The number of amides is 1. The Morgan fingerprint density at radius 3 is 3.00 bits per heavy atom. The second-order valence-electron chi connectivity index (χ2n) is 8.83. The predicted octanol–water partition coefficient (Wildman–Crippen LogP) is 1.70. The van der Waals surface area contributed by atoms with E-state index in [0.717, 1.165) is 56.8 Å². The summed E-state index contributed by atoms with van der Waals surface area (Å²) in [5.41, 5.74) is 2.81. The van der Waals surface area contributed by atoms with E-state index in [0.29, 0.717) is 24.6 Å². The lowest BCUT2D eigenvalue weighted by Crippen LogP contribution is -2.43. The Morgan fingerprint density at radius 2 is 2.22 bits per heavy atom. The van der Waals surface area contributed by atoms with Gasteiger partial charge in [0, 0.05) is 38.6 Å². The number of pyridine rings is 1. The summed E-state index contributed by atoms with van der Waals surface area (Å²) in [6.45, 7) is 3.58. The fraction of sp³-hybridized carbons (Fsp3) is 0.565. The van der Waals surface area contributed by atoms with E-state index in [9.17, 15) is 14.7 Å². The molecule has 4 rings (SSSR count). The summed E-state index contributed by atoms with van der Waals surface area (Å²) < 4.78 is 1.44. The van der Waals surface area contributed by atoms with Crippen molar-refractivity contribution >= 4 is 17.7 Å². The molecular formula is C23H32N6O3. The van der Waals surface area contributed by atoms with Crippen LogP contribution in [0.2, 0.25) is 0 Å². The number of hydrogen-bond donors (Lipinski definition) is 3. The summed E-state index contributed by atoms with van der Waals surface area (Å²) in [5.74, 6) is 0.217. The lowest BCUT2D eigenvalue weighted by Gasteiger charge is -2.20. The Kier molecular flexibility index (Phi) is 7.04. The molecule has 2 aliphatic rings. The topological polar surface area (TPSA) is 112 Å². The number of carbonyl (C=O) groups is 2. The number of aryl methyl sites for hydroxylation is 3. The summed E-state index contributed by atoms with van der Waals surface area (Å²) in [6.07, 6.45) is 7.33. The number of carboxylic acids is 1. The van der Waals surface area contributed by atoms with Crippen LogP contribution in [0.5, 0.6) is 0 Å². The Hall–Kier alpha value is -2.94. The smallest absolute Gasteiger partial charge is 0.326 e. The normalized spacial score (nSPS) is 19.2. The Morgan fingerprint density at radius 1 is 1.34 bits per heavy atom. The first kappa shape index (κ1) is 22.3. The largest absolute Gasteiger partial charge is 0.480 e. The maximum absolute atomic E-state index is 12.3. The van der Waals surface area contributed by atoms with Gasteiger partial charge in [-0.3, -0.25) is 9.48 Å². The number of carboxylic acid groups (broad SMARTS) is 1. The van der Waals surface area contributed by atoms with Crippen molar-refractivity contribution in [2.24, 2.45) is 13.0 Å². The third-order valence-electron chi connectivity index (χ3n) is 6.52. The molecule has 2 aromatic rings. The maximum atomic E-state index is 12.3. The van der Waals surface area contributed by atoms with Gasteiger partial charge in [0.25, 0.3) is 5.91 Å². The van der Waals surface area contributed by atoms with Gasteiger partial charge in [0.15, 0.2) is 0 Å². The van der Waals surface area contributed by atoms with Crippen molar-refractivity contribution in [2.45, 2.75) is 44.6 Å². The first-order valence-electron chi connectivity index (χ1n) is 11.5. The van der Waals surface area contributed by atoms with Gasteiger partial charge in [-0.15, -0.1) is 0 Å². The minimum absolute atomic E-state index is 0.350. The fourth-order valence-electron chi connectivity index (χ4n) is 4.61. The highest BCUT2D eigenvalue weighted by atomic mass is 16.4. The van der Waals surface area contributed by atoms with Crippen molar-refractivity contribution < 1.29 is 14.7 Å². The van der Waals surface area contributed by atoms with Crippen LogP contribution in [-0.4, -0.2) is 68.9 Å². The molecule has 1 fully saturated rings. The van der Waals surface area contributed by atoms with Gasteiger partial charge in [-0.25, -0.2) is 9.78 Å². The Labute approximate surface area is 188 Å². The number of hydrogen-bond acceptors (Lipinski definition) is 6. The van der Waals surface area contributed by atoms with E-state index in [1.54, 1.807) is 13.1 Å². The number of nitrogens with one attached hydrogen (secondary N) is 2. The number of nitrogens with zero attached hydrogens (tertiary/aromatic N) is 4. The number of rotatable bonds is 9. The minimum atomic E-state index is -1.01.